The van der Waals surface area contributed by atoms with E-state index in [0.717, 1.165) is 19.0 Å². The zero-order chi connectivity index (χ0) is 27.7. The second kappa shape index (κ2) is 10.5. The second-order valence-corrected chi connectivity index (χ2v) is 9.50. The average Bonchev–Trinajstić information content (AvgIpc) is 2.90. The standard InChI is InChI=1S/C26H24F4N6O3/c1-39-17-10-31-23(32-11-17)19-8-15-5-6-36(25(38)18(15)9-20(19)27)13-14-3-2-4-16(7-14)34-21-12-33-35-24(37)22(21)26(28,29)30/h5-6,8-12,14,16H,2-4,7,13H2,1H3,(H2,34,35,37)/t14-,16+/m1/s1. The normalized spacial score (nSPS) is 17.8. The van der Waals surface area contributed by atoms with Gasteiger partial charge in [0.25, 0.3) is 11.1 Å². The van der Waals surface area contributed by atoms with E-state index in [0.29, 0.717) is 30.5 Å². The summed E-state index contributed by atoms with van der Waals surface area (Å²) in [7, 11) is 1.47. The lowest BCUT2D eigenvalue weighted by Gasteiger charge is -2.31. The van der Waals surface area contributed by atoms with Crippen molar-refractivity contribution in [3.8, 4) is 17.1 Å². The minimum Gasteiger partial charge on any atom is -0.494 e. The Morgan fingerprint density at radius 2 is 1.92 bits per heavy atom. The predicted molar refractivity (Wildman–Crippen MR) is 135 cm³/mol. The molecule has 0 spiro atoms. The fraction of sp³-hybridized carbons (Fsp3) is 0.346. The molecule has 0 bridgehead atoms. The smallest absolute Gasteiger partial charge is 0.423 e. The van der Waals surface area contributed by atoms with E-state index in [4.69, 9.17) is 4.74 Å². The molecule has 0 unspecified atom stereocenters. The molecule has 2 atom stereocenters. The molecule has 204 valence electrons. The van der Waals surface area contributed by atoms with Crippen LogP contribution in [0, 0.1) is 11.7 Å². The van der Waals surface area contributed by atoms with Crippen LogP contribution < -0.4 is 21.2 Å². The van der Waals surface area contributed by atoms with Crippen LogP contribution in [0.4, 0.5) is 23.2 Å². The summed E-state index contributed by atoms with van der Waals surface area (Å²) in [5, 5.41) is 8.88. The molecule has 0 saturated heterocycles. The lowest BCUT2D eigenvalue weighted by atomic mass is 9.85. The SMILES string of the molecule is COc1cnc(-c2cc3ccn(C[C@@H]4CCC[C@H](Nc5cn[nH]c(=O)c5C(F)(F)F)C4)c(=O)c3cc2F)nc1. The van der Waals surface area contributed by atoms with Gasteiger partial charge in [-0.05, 0) is 48.8 Å². The number of methoxy groups -OCH3 is 1. The number of pyridine rings is 1. The highest BCUT2D eigenvalue weighted by molar-refractivity contribution is 5.86. The molecule has 1 aliphatic rings. The lowest BCUT2D eigenvalue weighted by Crippen LogP contribution is -2.33. The van der Waals surface area contributed by atoms with Crippen LogP contribution in [-0.2, 0) is 12.7 Å². The minimum absolute atomic E-state index is 0.0208. The molecular weight excluding hydrogens is 520 g/mol. The molecule has 3 heterocycles. The number of hydrogen-bond acceptors (Lipinski definition) is 7. The fourth-order valence-corrected chi connectivity index (χ4v) is 5.06. The zero-order valence-corrected chi connectivity index (χ0v) is 20.8. The molecule has 1 aromatic carbocycles. The highest BCUT2D eigenvalue weighted by atomic mass is 19.4. The Morgan fingerprint density at radius 3 is 2.64 bits per heavy atom. The first-order chi connectivity index (χ1) is 18.6. The van der Waals surface area contributed by atoms with Crippen LogP contribution in [0.15, 0.2) is 52.6 Å². The number of benzene rings is 1. The van der Waals surface area contributed by atoms with Crippen LogP contribution in [0.5, 0.6) is 5.75 Å². The van der Waals surface area contributed by atoms with Gasteiger partial charge in [0.2, 0.25) is 0 Å². The molecule has 39 heavy (non-hydrogen) atoms. The summed E-state index contributed by atoms with van der Waals surface area (Å²) in [6, 6.07) is 4.06. The average molecular weight is 545 g/mol. The lowest BCUT2D eigenvalue weighted by molar-refractivity contribution is -0.138. The number of H-pyrrole nitrogens is 1. The molecule has 1 saturated carbocycles. The summed E-state index contributed by atoms with van der Waals surface area (Å²) in [5.74, 6) is -0.0776. The topological polar surface area (TPSA) is 115 Å². The Bertz CT molecular complexity index is 1620. The molecule has 1 aliphatic carbocycles. The molecule has 0 amide bonds. The van der Waals surface area contributed by atoms with Crippen molar-refractivity contribution < 1.29 is 22.3 Å². The van der Waals surface area contributed by atoms with Gasteiger partial charge in [0.05, 0.1) is 42.3 Å². The van der Waals surface area contributed by atoms with Crippen molar-refractivity contribution in [3.63, 3.8) is 0 Å². The summed E-state index contributed by atoms with van der Waals surface area (Å²) < 4.78 is 61.8. The number of anilines is 1. The van der Waals surface area contributed by atoms with Gasteiger partial charge in [-0.3, -0.25) is 9.59 Å². The van der Waals surface area contributed by atoms with Crippen molar-refractivity contribution in [2.24, 2.45) is 5.92 Å². The van der Waals surface area contributed by atoms with E-state index in [2.05, 4.69) is 20.4 Å². The van der Waals surface area contributed by atoms with Crippen LogP contribution in [0.25, 0.3) is 22.2 Å². The quantitative estimate of drug-likeness (QED) is 0.346. The number of aromatic amines is 1. The Balaban J connectivity index is 1.35. The van der Waals surface area contributed by atoms with Gasteiger partial charge >= 0.3 is 6.18 Å². The number of nitrogens with zero attached hydrogens (tertiary/aromatic N) is 4. The van der Waals surface area contributed by atoms with Crippen molar-refractivity contribution in [2.45, 2.75) is 44.4 Å². The molecule has 1 fully saturated rings. The maximum absolute atomic E-state index is 15.0. The van der Waals surface area contributed by atoms with Crippen molar-refractivity contribution >= 4 is 16.5 Å². The monoisotopic (exact) mass is 544 g/mol. The van der Waals surface area contributed by atoms with Gasteiger partial charge in [0.15, 0.2) is 11.6 Å². The maximum atomic E-state index is 15.0. The number of alkyl halides is 3. The highest BCUT2D eigenvalue weighted by Gasteiger charge is 2.38. The van der Waals surface area contributed by atoms with E-state index in [1.807, 2.05) is 5.10 Å². The van der Waals surface area contributed by atoms with Crippen molar-refractivity contribution in [1.82, 2.24) is 24.7 Å². The van der Waals surface area contributed by atoms with E-state index in [-0.39, 0.29) is 40.0 Å². The number of halogens is 4. The second-order valence-electron chi connectivity index (χ2n) is 9.50. The van der Waals surface area contributed by atoms with Crippen LogP contribution in [0.1, 0.15) is 31.2 Å². The van der Waals surface area contributed by atoms with E-state index in [9.17, 15) is 27.2 Å². The number of aromatic nitrogens is 5. The van der Waals surface area contributed by atoms with E-state index in [1.54, 1.807) is 12.3 Å². The maximum Gasteiger partial charge on any atom is 0.423 e. The highest BCUT2D eigenvalue weighted by Crippen LogP contribution is 2.34. The van der Waals surface area contributed by atoms with Crippen LogP contribution in [0.3, 0.4) is 0 Å². The van der Waals surface area contributed by atoms with Crippen molar-refractivity contribution in [1.29, 1.82) is 0 Å². The van der Waals surface area contributed by atoms with Crippen LogP contribution in [-0.4, -0.2) is 37.9 Å². The van der Waals surface area contributed by atoms with Gasteiger partial charge in [0.1, 0.15) is 11.4 Å². The first kappa shape index (κ1) is 26.3. The van der Waals surface area contributed by atoms with Gasteiger partial charge in [-0.2, -0.15) is 18.3 Å². The van der Waals surface area contributed by atoms with Gasteiger partial charge in [-0.1, -0.05) is 6.42 Å². The Hall–Kier alpha value is -4.29. The summed E-state index contributed by atoms with van der Waals surface area (Å²) in [6.07, 6.45) is 3.18. The van der Waals surface area contributed by atoms with Crippen molar-refractivity contribution in [3.05, 3.63) is 75.1 Å². The van der Waals surface area contributed by atoms with E-state index >= 15 is 0 Å². The van der Waals surface area contributed by atoms with E-state index in [1.165, 1.54) is 36.2 Å². The summed E-state index contributed by atoms with van der Waals surface area (Å²) in [5.41, 5.74) is -3.21. The Kier molecular flexibility index (Phi) is 7.06. The number of rotatable bonds is 6. The third-order valence-corrected chi connectivity index (χ3v) is 6.91. The summed E-state index contributed by atoms with van der Waals surface area (Å²) in [4.78, 5) is 33.2. The minimum atomic E-state index is -4.83. The molecular formula is C26H24F4N6O3. The van der Waals surface area contributed by atoms with Gasteiger partial charge in [0, 0.05) is 18.8 Å². The number of fused-ring (bicyclic) bond motifs is 1. The van der Waals surface area contributed by atoms with Gasteiger partial charge in [-0.15, -0.1) is 0 Å². The molecule has 5 rings (SSSR count). The van der Waals surface area contributed by atoms with E-state index < -0.39 is 23.1 Å². The molecule has 2 N–H and O–H groups in total. The zero-order valence-electron chi connectivity index (χ0n) is 20.8. The van der Waals surface area contributed by atoms with Gasteiger partial charge < -0.3 is 14.6 Å². The Morgan fingerprint density at radius 1 is 1.15 bits per heavy atom. The molecule has 9 nitrogen and oxygen atoms in total. The molecule has 0 radical (unpaired) electrons. The van der Waals surface area contributed by atoms with Crippen molar-refractivity contribution in [2.75, 3.05) is 12.4 Å². The largest absolute Gasteiger partial charge is 0.494 e. The molecule has 4 aromatic rings. The number of ether oxygens (including phenoxy) is 1. The fourth-order valence-electron chi connectivity index (χ4n) is 5.06. The molecule has 0 aliphatic heterocycles. The molecule has 3 aromatic heterocycles. The van der Waals surface area contributed by atoms with Crippen LogP contribution >= 0.6 is 0 Å². The third-order valence-electron chi connectivity index (χ3n) is 6.91. The molecule has 13 heteroatoms. The van der Waals surface area contributed by atoms with Crippen LogP contribution in [0.2, 0.25) is 0 Å². The first-order valence-electron chi connectivity index (χ1n) is 12.2. The number of nitrogens with one attached hydrogen (secondary N) is 2. The number of hydrogen-bond donors (Lipinski definition) is 2. The summed E-state index contributed by atoms with van der Waals surface area (Å²) in [6.45, 7) is 0.317. The predicted octanol–water partition coefficient (Wildman–Crippen LogP) is 4.38. The third kappa shape index (κ3) is 5.47. The van der Waals surface area contributed by atoms with Gasteiger partial charge in [-0.25, -0.2) is 19.5 Å². The Labute approximate surface area is 218 Å². The first-order valence-corrected chi connectivity index (χ1v) is 12.2. The summed E-state index contributed by atoms with van der Waals surface area (Å²) >= 11 is 0.